The Bertz CT molecular complexity index is 790. The van der Waals surface area contributed by atoms with Crippen LogP contribution in [0.3, 0.4) is 0 Å². The predicted octanol–water partition coefficient (Wildman–Crippen LogP) is 3.59. The molecule has 11 heteroatoms. The quantitative estimate of drug-likeness (QED) is 0.132. The molecule has 0 radical (unpaired) electrons. The highest BCUT2D eigenvalue weighted by molar-refractivity contribution is 6.62. The molecule has 0 amide bonds. The molecule has 0 aromatic carbocycles. The molecule has 0 aliphatic heterocycles. The van der Waals surface area contributed by atoms with Gasteiger partial charge in [0.15, 0.2) is 23.8 Å². The number of esters is 2. The highest BCUT2D eigenvalue weighted by Gasteiger charge is 2.55. The Morgan fingerprint density at radius 3 is 1.24 bits per heavy atom. The van der Waals surface area contributed by atoms with E-state index in [-0.39, 0.29) is 31.0 Å². The first kappa shape index (κ1) is 35.8. The highest BCUT2D eigenvalue weighted by Crippen LogP contribution is 2.28. The topological polar surface area (TPSA) is 118 Å². The maximum absolute atomic E-state index is 13.3. The Hall–Kier alpha value is -2.18. The van der Waals surface area contributed by atoms with E-state index >= 15 is 0 Å². The molecule has 0 N–H and O–H groups in total. The van der Waals surface area contributed by atoms with Crippen molar-refractivity contribution in [1.29, 1.82) is 0 Å². The molecule has 5 atom stereocenters. The van der Waals surface area contributed by atoms with E-state index < -0.39 is 62.3 Å². The first-order valence-electron chi connectivity index (χ1n) is 13.1. The van der Waals surface area contributed by atoms with Crippen LogP contribution in [0.2, 0.25) is 0 Å². The molecule has 0 saturated heterocycles. The fourth-order valence-corrected chi connectivity index (χ4v) is 7.47. The molecule has 10 nitrogen and oxygen atoms in total. The normalized spacial score (nSPS) is 15.7. The summed E-state index contributed by atoms with van der Waals surface area (Å²) >= 11 is 0. The summed E-state index contributed by atoms with van der Waals surface area (Å²) in [6, 6.07) is -2.08. The average molecular weight is 558 g/mol. The van der Waals surface area contributed by atoms with Crippen LogP contribution in [0.5, 0.6) is 0 Å². The summed E-state index contributed by atoms with van der Waals surface area (Å²) in [6.07, 6.45) is -1.73. The smallest absolute Gasteiger partial charge is 0.453 e. The number of carbonyl (C=O) groups is 4. The zero-order chi connectivity index (χ0) is 29.8. The minimum absolute atomic E-state index is 0.254. The van der Waals surface area contributed by atoms with Crippen LogP contribution in [0.4, 0.5) is 0 Å². The molecule has 0 aromatic rings. The van der Waals surface area contributed by atoms with Crippen LogP contribution in [0, 0.1) is 0 Å². The Morgan fingerprint density at radius 2 is 1.00 bits per heavy atom. The molecule has 0 spiro atoms. The van der Waals surface area contributed by atoms with Crippen molar-refractivity contribution < 1.29 is 41.9 Å². The lowest BCUT2D eigenvalue weighted by Crippen LogP contribution is -2.68. The van der Waals surface area contributed by atoms with Crippen LogP contribution < -0.4 is 0 Å². The SMILES string of the molecule is C=C(C)C(=O)C(C)OC(=O)C(C)N(C(C)C(=O)OC(C)C(=O)C(=C)C)C(CC)[Si](OCC)(OCC)OCC. The van der Waals surface area contributed by atoms with Gasteiger partial charge in [-0.05, 0) is 79.9 Å². The highest BCUT2D eigenvalue weighted by atomic mass is 28.4. The van der Waals surface area contributed by atoms with E-state index in [0.717, 1.165) is 0 Å². The number of hydrogen-bond donors (Lipinski definition) is 0. The number of hydrogen-bond acceptors (Lipinski definition) is 10. The predicted molar refractivity (Wildman–Crippen MR) is 146 cm³/mol. The van der Waals surface area contributed by atoms with Gasteiger partial charge < -0.3 is 22.8 Å². The monoisotopic (exact) mass is 557 g/mol. The van der Waals surface area contributed by atoms with E-state index in [2.05, 4.69) is 13.2 Å². The largest absolute Gasteiger partial charge is 0.519 e. The third-order valence-corrected chi connectivity index (χ3v) is 9.53. The van der Waals surface area contributed by atoms with Crippen LogP contribution in [0.1, 0.15) is 75.7 Å². The molecule has 218 valence electrons. The number of nitrogens with zero attached hydrogens (tertiary/aromatic N) is 1. The summed E-state index contributed by atoms with van der Waals surface area (Å²) in [6.45, 7) is 24.5. The van der Waals surface area contributed by atoms with Gasteiger partial charge in [-0.25, -0.2) is 0 Å². The molecular formula is C27H47NO9Si. The summed E-state index contributed by atoms with van der Waals surface area (Å²) in [7, 11) is -3.52. The second kappa shape index (κ2) is 16.7. The lowest BCUT2D eigenvalue weighted by molar-refractivity contribution is -0.166. The van der Waals surface area contributed by atoms with E-state index in [4.69, 9.17) is 22.8 Å². The Kier molecular flexibility index (Phi) is 15.7. The first-order chi connectivity index (χ1) is 17.6. The van der Waals surface area contributed by atoms with Gasteiger partial charge in [-0.2, -0.15) is 0 Å². The van der Waals surface area contributed by atoms with Gasteiger partial charge in [0.05, 0.1) is 5.67 Å². The Morgan fingerprint density at radius 1 is 0.684 bits per heavy atom. The second-order valence-electron chi connectivity index (χ2n) is 9.07. The van der Waals surface area contributed by atoms with Crippen LogP contribution in [0.15, 0.2) is 24.3 Å². The fourth-order valence-electron chi connectivity index (χ4n) is 4.13. The summed E-state index contributed by atoms with van der Waals surface area (Å²) < 4.78 is 29.3. The van der Waals surface area contributed by atoms with E-state index in [9.17, 15) is 19.2 Å². The average Bonchev–Trinajstić information content (AvgIpc) is 2.85. The molecule has 0 fully saturated rings. The molecule has 0 aromatic heterocycles. The number of ether oxygens (including phenoxy) is 2. The molecule has 38 heavy (non-hydrogen) atoms. The van der Waals surface area contributed by atoms with Gasteiger partial charge in [-0.1, -0.05) is 20.1 Å². The van der Waals surface area contributed by atoms with Crippen molar-refractivity contribution in [2.24, 2.45) is 0 Å². The van der Waals surface area contributed by atoms with Crippen LogP contribution in [-0.4, -0.2) is 87.0 Å². The first-order valence-corrected chi connectivity index (χ1v) is 14.9. The van der Waals surface area contributed by atoms with Gasteiger partial charge in [-0.15, -0.1) is 0 Å². The second-order valence-corrected chi connectivity index (χ2v) is 11.8. The third-order valence-electron chi connectivity index (χ3n) is 5.93. The zero-order valence-corrected chi connectivity index (χ0v) is 25.8. The van der Waals surface area contributed by atoms with Crippen molar-refractivity contribution in [2.45, 2.75) is 106 Å². The van der Waals surface area contributed by atoms with E-state index in [1.165, 1.54) is 27.7 Å². The van der Waals surface area contributed by atoms with Crippen molar-refractivity contribution >= 4 is 32.3 Å². The summed E-state index contributed by atoms with van der Waals surface area (Å²) in [4.78, 5) is 52.8. The van der Waals surface area contributed by atoms with Crippen molar-refractivity contribution in [3.05, 3.63) is 24.3 Å². The standard InChI is InChI=1S/C27H47NO9Si/c1-13-23(38(33-14-2,34-15-3)35-16-4)28(19(9)26(31)36-21(11)24(29)17(5)6)20(10)27(32)37-22(12)25(30)18(7)8/h19-23H,5,7,13-16H2,1-4,6,8-12H3. The minimum atomic E-state index is -3.52. The molecule has 5 unspecified atom stereocenters. The van der Waals surface area contributed by atoms with Crippen LogP contribution in [-0.2, 0) is 41.9 Å². The number of ketones is 2. The zero-order valence-electron chi connectivity index (χ0n) is 24.8. The van der Waals surface area contributed by atoms with Crippen LogP contribution >= 0.6 is 0 Å². The fraction of sp³-hybridized carbons (Fsp3) is 0.704. The lowest BCUT2D eigenvalue weighted by atomic mass is 10.1. The van der Waals surface area contributed by atoms with Gasteiger partial charge in [0.25, 0.3) is 0 Å². The minimum Gasteiger partial charge on any atom is -0.453 e. The van der Waals surface area contributed by atoms with Crippen molar-refractivity contribution in [3.8, 4) is 0 Å². The van der Waals surface area contributed by atoms with Gasteiger partial charge in [0.2, 0.25) is 0 Å². The van der Waals surface area contributed by atoms with E-state index in [1.54, 1.807) is 18.7 Å². The van der Waals surface area contributed by atoms with E-state index in [1.807, 2.05) is 27.7 Å². The third kappa shape index (κ3) is 9.53. The van der Waals surface area contributed by atoms with Crippen molar-refractivity contribution in [1.82, 2.24) is 4.90 Å². The van der Waals surface area contributed by atoms with Gasteiger partial charge >= 0.3 is 20.7 Å². The van der Waals surface area contributed by atoms with Crippen molar-refractivity contribution in [3.63, 3.8) is 0 Å². The molecule has 0 saturated carbocycles. The van der Waals surface area contributed by atoms with Gasteiger partial charge in [0, 0.05) is 19.8 Å². The Balaban J connectivity index is 6.61. The number of carbonyl (C=O) groups excluding carboxylic acids is 4. The molecule has 0 heterocycles. The molecule has 0 bridgehead atoms. The van der Waals surface area contributed by atoms with Crippen molar-refractivity contribution in [2.75, 3.05) is 19.8 Å². The molecule has 0 aliphatic carbocycles. The summed E-state index contributed by atoms with van der Waals surface area (Å²) in [5, 5.41) is 0. The number of rotatable bonds is 19. The lowest BCUT2D eigenvalue weighted by Gasteiger charge is -2.44. The summed E-state index contributed by atoms with van der Waals surface area (Å²) in [5.41, 5.74) is -0.151. The maximum Gasteiger partial charge on any atom is 0.519 e. The molecule has 0 aliphatic rings. The van der Waals surface area contributed by atoms with E-state index in [0.29, 0.717) is 6.42 Å². The van der Waals surface area contributed by atoms with Gasteiger partial charge in [0.1, 0.15) is 12.1 Å². The summed E-state index contributed by atoms with van der Waals surface area (Å²) in [5.74, 6) is -2.29. The Labute approximate surface area is 229 Å². The molecule has 0 rings (SSSR count). The molecular weight excluding hydrogens is 510 g/mol. The van der Waals surface area contributed by atoms with Gasteiger partial charge in [-0.3, -0.25) is 24.1 Å². The van der Waals surface area contributed by atoms with Crippen LogP contribution in [0.25, 0.3) is 0 Å². The maximum atomic E-state index is 13.3. The number of Topliss-reactive ketones (excluding diaryl/α,β-unsaturated/α-hetero) is 2.